The number of nitrogens with one attached hydrogen (secondary N) is 1. The lowest BCUT2D eigenvalue weighted by molar-refractivity contribution is 0.0600. The molecule has 3 rings (SSSR count). The molecule has 0 aliphatic rings. The number of fused-ring (bicyclic) bond motifs is 1. The number of pyridine rings is 1. The molecule has 2 aromatic heterocycles. The second-order valence-corrected chi connectivity index (χ2v) is 6.53. The first-order chi connectivity index (χ1) is 12.4. The summed E-state index contributed by atoms with van der Waals surface area (Å²) in [6.07, 6.45) is 1.01. The van der Waals surface area contributed by atoms with Gasteiger partial charge < -0.3 is 14.5 Å². The highest BCUT2D eigenvalue weighted by molar-refractivity contribution is 9.10. The maximum absolute atomic E-state index is 12.2. The third kappa shape index (κ3) is 3.60. The summed E-state index contributed by atoms with van der Waals surface area (Å²) < 4.78 is 11.3. The number of H-pyrrole nitrogens is 1. The molecule has 0 saturated carbocycles. The van der Waals surface area contributed by atoms with Gasteiger partial charge in [0.15, 0.2) is 0 Å². The van der Waals surface area contributed by atoms with Crippen molar-refractivity contribution in [1.29, 1.82) is 0 Å². The minimum absolute atomic E-state index is 0.200. The summed E-state index contributed by atoms with van der Waals surface area (Å²) in [5.41, 5.74) is 1.53. The Kier molecular flexibility index (Phi) is 5.03. The molecule has 0 aliphatic heterocycles. The van der Waals surface area contributed by atoms with E-state index in [1.807, 2.05) is 6.92 Å². The fourth-order valence-corrected chi connectivity index (χ4v) is 3.19. The molecule has 0 fully saturated rings. The third-order valence-corrected chi connectivity index (χ3v) is 4.52. The number of benzene rings is 1. The largest absolute Gasteiger partial charge is 0.470 e. The number of halogens is 1. The zero-order chi connectivity index (χ0) is 18.8. The molecule has 1 atom stereocenters. The SMILES string of the molecule is COC(=O)c1ccc(OC(C)c2cc3c(=O)[nH]c(C)nc3cc2Br)nc1. The van der Waals surface area contributed by atoms with Crippen LogP contribution in [0.1, 0.15) is 34.8 Å². The Balaban J connectivity index is 1.90. The van der Waals surface area contributed by atoms with Crippen molar-refractivity contribution in [2.45, 2.75) is 20.0 Å². The van der Waals surface area contributed by atoms with Crippen LogP contribution < -0.4 is 10.3 Å². The highest BCUT2D eigenvalue weighted by Crippen LogP contribution is 2.29. The monoisotopic (exact) mass is 417 g/mol. The van der Waals surface area contributed by atoms with E-state index in [0.29, 0.717) is 28.2 Å². The topological polar surface area (TPSA) is 94.2 Å². The summed E-state index contributed by atoms with van der Waals surface area (Å²) in [4.78, 5) is 34.8. The minimum atomic E-state index is -0.462. The van der Waals surface area contributed by atoms with Gasteiger partial charge in [-0.3, -0.25) is 4.79 Å². The van der Waals surface area contributed by atoms with E-state index in [1.165, 1.54) is 13.3 Å². The number of aromatic nitrogens is 3. The van der Waals surface area contributed by atoms with Crippen LogP contribution in [0.25, 0.3) is 10.9 Å². The van der Waals surface area contributed by atoms with Crippen molar-refractivity contribution in [2.75, 3.05) is 7.11 Å². The maximum atomic E-state index is 12.2. The number of ether oxygens (including phenoxy) is 2. The minimum Gasteiger partial charge on any atom is -0.470 e. The van der Waals surface area contributed by atoms with E-state index in [4.69, 9.17) is 4.74 Å². The molecule has 0 saturated heterocycles. The van der Waals surface area contributed by atoms with Gasteiger partial charge in [0, 0.05) is 22.3 Å². The van der Waals surface area contributed by atoms with Crippen molar-refractivity contribution < 1.29 is 14.3 Å². The lowest BCUT2D eigenvalue weighted by Gasteiger charge is -2.16. The van der Waals surface area contributed by atoms with E-state index >= 15 is 0 Å². The molecule has 8 heteroatoms. The molecular weight excluding hydrogens is 402 g/mol. The van der Waals surface area contributed by atoms with E-state index < -0.39 is 5.97 Å². The molecule has 3 aromatic rings. The molecule has 134 valence electrons. The van der Waals surface area contributed by atoms with Gasteiger partial charge >= 0.3 is 5.97 Å². The molecule has 0 amide bonds. The number of carbonyl (C=O) groups is 1. The van der Waals surface area contributed by atoms with Gasteiger partial charge in [-0.2, -0.15) is 0 Å². The Morgan fingerprint density at radius 3 is 2.73 bits per heavy atom. The molecule has 26 heavy (non-hydrogen) atoms. The van der Waals surface area contributed by atoms with Gasteiger partial charge in [0.05, 0.1) is 23.6 Å². The Labute approximate surface area is 157 Å². The van der Waals surface area contributed by atoms with E-state index in [0.717, 1.165) is 10.0 Å². The van der Waals surface area contributed by atoms with Gasteiger partial charge in [0.1, 0.15) is 11.9 Å². The van der Waals surface area contributed by atoms with Gasteiger partial charge in [-0.1, -0.05) is 15.9 Å². The van der Waals surface area contributed by atoms with E-state index in [2.05, 4.69) is 35.6 Å². The number of methoxy groups -OCH3 is 1. The molecule has 0 spiro atoms. The molecule has 2 heterocycles. The van der Waals surface area contributed by atoms with Crippen molar-refractivity contribution in [3.63, 3.8) is 0 Å². The number of hydrogen-bond donors (Lipinski definition) is 1. The van der Waals surface area contributed by atoms with Crippen LogP contribution in [0.4, 0.5) is 0 Å². The zero-order valence-electron chi connectivity index (χ0n) is 14.4. The van der Waals surface area contributed by atoms with Gasteiger partial charge in [-0.05, 0) is 32.0 Å². The Morgan fingerprint density at radius 2 is 2.08 bits per heavy atom. The average molecular weight is 418 g/mol. The van der Waals surface area contributed by atoms with Gasteiger partial charge in [-0.15, -0.1) is 0 Å². The normalized spacial score (nSPS) is 12.0. The Hall–Kier alpha value is -2.74. The number of rotatable bonds is 4. The standard InChI is InChI=1S/C18H16BrN3O4/c1-9(26-16-5-4-11(8-20-16)18(24)25-3)12-6-13-15(7-14(12)19)21-10(2)22-17(13)23/h4-9H,1-3H3,(H,21,22,23). The van der Waals surface area contributed by atoms with Crippen LogP contribution in [-0.2, 0) is 4.74 Å². The van der Waals surface area contributed by atoms with Crippen molar-refractivity contribution >= 4 is 32.8 Å². The Morgan fingerprint density at radius 1 is 1.31 bits per heavy atom. The smallest absolute Gasteiger partial charge is 0.339 e. The van der Waals surface area contributed by atoms with Gasteiger partial charge in [-0.25, -0.2) is 14.8 Å². The molecule has 1 N–H and O–H groups in total. The summed E-state index contributed by atoms with van der Waals surface area (Å²) in [5.74, 6) is 0.450. The molecule has 1 aromatic carbocycles. The third-order valence-electron chi connectivity index (χ3n) is 3.84. The van der Waals surface area contributed by atoms with Crippen molar-refractivity contribution in [2.24, 2.45) is 0 Å². The van der Waals surface area contributed by atoms with Crippen LogP contribution >= 0.6 is 15.9 Å². The molecule has 1 unspecified atom stereocenters. The number of hydrogen-bond acceptors (Lipinski definition) is 6. The molecular formula is C18H16BrN3O4. The quantitative estimate of drug-likeness (QED) is 0.654. The van der Waals surface area contributed by atoms with Crippen LogP contribution in [0.5, 0.6) is 5.88 Å². The number of aryl methyl sites for hydroxylation is 1. The van der Waals surface area contributed by atoms with Crippen LogP contribution in [0, 0.1) is 6.92 Å². The number of carbonyl (C=O) groups excluding carboxylic acids is 1. The Bertz CT molecular complexity index is 1030. The fraction of sp³-hybridized carbons (Fsp3) is 0.222. The second kappa shape index (κ2) is 7.25. The average Bonchev–Trinajstić information content (AvgIpc) is 2.60. The molecule has 0 bridgehead atoms. The lowest BCUT2D eigenvalue weighted by atomic mass is 10.1. The van der Waals surface area contributed by atoms with Crippen LogP contribution in [-0.4, -0.2) is 28.0 Å². The highest BCUT2D eigenvalue weighted by atomic mass is 79.9. The summed E-state index contributed by atoms with van der Waals surface area (Å²) >= 11 is 3.51. The second-order valence-electron chi connectivity index (χ2n) is 5.68. The highest BCUT2D eigenvalue weighted by Gasteiger charge is 2.16. The summed E-state index contributed by atoms with van der Waals surface area (Å²) in [7, 11) is 1.31. The van der Waals surface area contributed by atoms with Crippen molar-refractivity contribution in [3.8, 4) is 5.88 Å². The van der Waals surface area contributed by atoms with E-state index in [9.17, 15) is 9.59 Å². The summed E-state index contributed by atoms with van der Waals surface area (Å²) in [6.45, 7) is 3.58. The van der Waals surface area contributed by atoms with Crippen molar-refractivity contribution in [1.82, 2.24) is 15.0 Å². The van der Waals surface area contributed by atoms with Crippen LogP contribution in [0.3, 0.4) is 0 Å². The zero-order valence-corrected chi connectivity index (χ0v) is 16.0. The number of esters is 1. The molecule has 7 nitrogen and oxygen atoms in total. The first kappa shape index (κ1) is 18.1. The maximum Gasteiger partial charge on any atom is 0.339 e. The summed E-state index contributed by atoms with van der Waals surface area (Å²) in [6, 6.07) is 6.71. The van der Waals surface area contributed by atoms with Gasteiger partial charge in [0.2, 0.25) is 5.88 Å². The molecule has 0 radical (unpaired) electrons. The number of nitrogens with zero attached hydrogens (tertiary/aromatic N) is 2. The van der Waals surface area contributed by atoms with E-state index in [-0.39, 0.29) is 11.7 Å². The fourth-order valence-electron chi connectivity index (χ4n) is 2.54. The van der Waals surface area contributed by atoms with Crippen LogP contribution in [0.15, 0.2) is 39.7 Å². The predicted octanol–water partition coefficient (Wildman–Crippen LogP) is 3.32. The lowest BCUT2D eigenvalue weighted by Crippen LogP contribution is -2.12. The van der Waals surface area contributed by atoms with E-state index in [1.54, 1.807) is 31.2 Å². The predicted molar refractivity (Wildman–Crippen MR) is 99.4 cm³/mol. The first-order valence-electron chi connectivity index (χ1n) is 7.80. The number of aromatic amines is 1. The first-order valence-corrected chi connectivity index (χ1v) is 8.59. The van der Waals surface area contributed by atoms with Crippen molar-refractivity contribution in [3.05, 3.63) is 62.2 Å². The molecule has 0 aliphatic carbocycles. The summed E-state index contributed by atoms with van der Waals surface area (Å²) in [5, 5.41) is 0.484. The van der Waals surface area contributed by atoms with Gasteiger partial charge in [0.25, 0.3) is 5.56 Å². The van der Waals surface area contributed by atoms with Crippen LogP contribution in [0.2, 0.25) is 0 Å².